The van der Waals surface area contributed by atoms with Gasteiger partial charge in [-0.15, -0.1) is 0 Å². The van der Waals surface area contributed by atoms with Crippen molar-refractivity contribution in [1.29, 1.82) is 0 Å². The molecule has 1 amide bonds. The van der Waals surface area contributed by atoms with Crippen LogP contribution in [0.4, 0.5) is 11.4 Å². The Labute approximate surface area is 126 Å². The lowest BCUT2D eigenvalue weighted by molar-refractivity contribution is 0.0388. The molecule has 0 aromatic heterocycles. The maximum atomic E-state index is 12.5. The van der Waals surface area contributed by atoms with Gasteiger partial charge in [0.25, 0.3) is 5.91 Å². The first-order valence-electron chi connectivity index (χ1n) is 7.39. The first-order valence-corrected chi connectivity index (χ1v) is 7.39. The molecule has 21 heavy (non-hydrogen) atoms. The van der Waals surface area contributed by atoms with E-state index in [1.165, 1.54) is 0 Å². The minimum Gasteiger partial charge on any atom is -0.397 e. The molecule has 0 bridgehead atoms. The number of ether oxygens (including phenoxy) is 1. The number of anilines is 2. The number of hydrogen-bond acceptors (Lipinski definition) is 4. The van der Waals surface area contributed by atoms with Crippen molar-refractivity contribution >= 4 is 17.3 Å². The van der Waals surface area contributed by atoms with Gasteiger partial charge in [0.15, 0.2) is 0 Å². The number of rotatable bonds is 4. The fraction of sp³-hybridized carbons (Fsp3) is 0.562. The SMILES string of the molecule is CN(CC1CCCOC1)C(=O)c1ccc(N(C)C)c(N)c1. The van der Waals surface area contributed by atoms with Crippen LogP contribution in [0.25, 0.3) is 0 Å². The molecule has 1 aliphatic rings. The number of benzene rings is 1. The molecule has 1 atom stereocenters. The van der Waals surface area contributed by atoms with Crippen molar-refractivity contribution < 1.29 is 9.53 Å². The minimum atomic E-state index is 0.0116. The molecule has 0 aliphatic carbocycles. The lowest BCUT2D eigenvalue weighted by atomic mass is 10.0. The minimum absolute atomic E-state index is 0.0116. The average Bonchev–Trinajstić information content (AvgIpc) is 2.47. The Morgan fingerprint density at radius 1 is 1.38 bits per heavy atom. The summed E-state index contributed by atoms with van der Waals surface area (Å²) in [6, 6.07) is 5.48. The number of carbonyl (C=O) groups excluding carboxylic acids is 1. The first kappa shape index (κ1) is 15.6. The number of amides is 1. The predicted molar refractivity (Wildman–Crippen MR) is 85.7 cm³/mol. The van der Waals surface area contributed by atoms with Crippen LogP contribution in [0.2, 0.25) is 0 Å². The van der Waals surface area contributed by atoms with E-state index in [2.05, 4.69) is 0 Å². The highest BCUT2D eigenvalue weighted by Crippen LogP contribution is 2.23. The summed E-state index contributed by atoms with van der Waals surface area (Å²) in [5.74, 6) is 0.448. The topological polar surface area (TPSA) is 58.8 Å². The normalized spacial score (nSPS) is 18.3. The van der Waals surface area contributed by atoms with E-state index in [1.807, 2.05) is 38.2 Å². The van der Waals surface area contributed by atoms with Gasteiger partial charge in [0.1, 0.15) is 0 Å². The molecule has 1 saturated heterocycles. The maximum Gasteiger partial charge on any atom is 0.253 e. The smallest absolute Gasteiger partial charge is 0.253 e. The van der Waals surface area contributed by atoms with E-state index in [0.717, 1.165) is 38.3 Å². The fourth-order valence-corrected chi connectivity index (χ4v) is 2.74. The van der Waals surface area contributed by atoms with Gasteiger partial charge < -0.3 is 20.3 Å². The van der Waals surface area contributed by atoms with Crippen LogP contribution >= 0.6 is 0 Å². The molecule has 0 radical (unpaired) electrons. The Hall–Kier alpha value is -1.75. The van der Waals surface area contributed by atoms with E-state index in [0.29, 0.717) is 17.2 Å². The van der Waals surface area contributed by atoms with Crippen LogP contribution in [0.5, 0.6) is 0 Å². The number of hydrogen-bond donors (Lipinski definition) is 1. The Balaban J connectivity index is 2.03. The van der Waals surface area contributed by atoms with Gasteiger partial charge in [-0.1, -0.05) is 0 Å². The molecule has 5 heteroatoms. The Kier molecular flexibility index (Phi) is 5.07. The van der Waals surface area contributed by atoms with Crippen LogP contribution in [-0.2, 0) is 4.74 Å². The Morgan fingerprint density at radius 2 is 2.14 bits per heavy atom. The van der Waals surface area contributed by atoms with Crippen LogP contribution in [0.1, 0.15) is 23.2 Å². The van der Waals surface area contributed by atoms with Crippen molar-refractivity contribution in [2.75, 3.05) is 51.5 Å². The molecule has 1 aliphatic heterocycles. The van der Waals surface area contributed by atoms with Gasteiger partial charge in [0.05, 0.1) is 18.0 Å². The summed E-state index contributed by atoms with van der Waals surface area (Å²) in [6.07, 6.45) is 2.20. The van der Waals surface area contributed by atoms with Crippen molar-refractivity contribution in [3.8, 4) is 0 Å². The fourth-order valence-electron chi connectivity index (χ4n) is 2.74. The van der Waals surface area contributed by atoms with Crippen LogP contribution in [0.15, 0.2) is 18.2 Å². The van der Waals surface area contributed by atoms with Crippen molar-refractivity contribution in [3.05, 3.63) is 23.8 Å². The molecule has 1 heterocycles. The standard InChI is InChI=1S/C16H25N3O2/c1-18(2)15-7-6-13(9-14(15)17)16(20)19(3)10-12-5-4-8-21-11-12/h6-7,9,12H,4-5,8,10-11,17H2,1-3H3. The highest BCUT2D eigenvalue weighted by Gasteiger charge is 2.20. The zero-order valence-electron chi connectivity index (χ0n) is 13.1. The molecule has 0 spiro atoms. The summed E-state index contributed by atoms with van der Waals surface area (Å²) < 4.78 is 5.47. The van der Waals surface area contributed by atoms with E-state index in [9.17, 15) is 4.79 Å². The van der Waals surface area contributed by atoms with Gasteiger partial charge >= 0.3 is 0 Å². The second-order valence-electron chi connectivity index (χ2n) is 5.94. The Bertz CT molecular complexity index is 496. The van der Waals surface area contributed by atoms with Crippen molar-refractivity contribution in [3.63, 3.8) is 0 Å². The first-order chi connectivity index (χ1) is 9.99. The largest absolute Gasteiger partial charge is 0.397 e. The predicted octanol–water partition coefficient (Wildman–Crippen LogP) is 1.83. The van der Waals surface area contributed by atoms with Gasteiger partial charge in [-0.25, -0.2) is 0 Å². The molecule has 116 valence electrons. The summed E-state index contributed by atoms with van der Waals surface area (Å²) in [7, 11) is 5.71. The van der Waals surface area contributed by atoms with Crippen molar-refractivity contribution in [2.24, 2.45) is 5.92 Å². The lowest BCUT2D eigenvalue weighted by Gasteiger charge is -2.27. The zero-order chi connectivity index (χ0) is 15.4. The van der Waals surface area contributed by atoms with Crippen LogP contribution in [-0.4, -0.2) is 51.7 Å². The monoisotopic (exact) mass is 291 g/mol. The third-order valence-corrected chi connectivity index (χ3v) is 3.89. The van der Waals surface area contributed by atoms with E-state index in [1.54, 1.807) is 11.0 Å². The van der Waals surface area contributed by atoms with E-state index < -0.39 is 0 Å². The molecule has 2 rings (SSSR count). The molecule has 1 unspecified atom stereocenters. The molecule has 0 saturated carbocycles. The quantitative estimate of drug-likeness (QED) is 0.860. The number of carbonyl (C=O) groups is 1. The van der Waals surface area contributed by atoms with Crippen LogP contribution in [0, 0.1) is 5.92 Å². The van der Waals surface area contributed by atoms with E-state index >= 15 is 0 Å². The van der Waals surface area contributed by atoms with Gasteiger partial charge in [-0.2, -0.15) is 0 Å². The molecular formula is C16H25N3O2. The van der Waals surface area contributed by atoms with E-state index in [-0.39, 0.29) is 5.91 Å². The highest BCUT2D eigenvalue weighted by molar-refractivity contribution is 5.96. The molecule has 5 nitrogen and oxygen atoms in total. The summed E-state index contributed by atoms with van der Waals surface area (Å²) in [6.45, 7) is 2.32. The molecule has 1 fully saturated rings. The average molecular weight is 291 g/mol. The van der Waals surface area contributed by atoms with Gasteiger partial charge in [-0.05, 0) is 37.0 Å². The number of nitrogen functional groups attached to an aromatic ring is 1. The maximum absolute atomic E-state index is 12.5. The third kappa shape index (κ3) is 3.88. The lowest BCUT2D eigenvalue weighted by Crippen LogP contribution is -2.35. The summed E-state index contributed by atoms with van der Waals surface area (Å²) in [4.78, 5) is 16.2. The van der Waals surface area contributed by atoms with Gasteiger partial charge in [0, 0.05) is 39.9 Å². The summed E-state index contributed by atoms with van der Waals surface area (Å²) in [5, 5.41) is 0. The Morgan fingerprint density at radius 3 is 2.71 bits per heavy atom. The highest BCUT2D eigenvalue weighted by atomic mass is 16.5. The van der Waals surface area contributed by atoms with Gasteiger partial charge in [0.2, 0.25) is 0 Å². The summed E-state index contributed by atoms with van der Waals surface area (Å²) >= 11 is 0. The molecule has 2 N–H and O–H groups in total. The van der Waals surface area contributed by atoms with Gasteiger partial charge in [-0.3, -0.25) is 4.79 Å². The number of nitrogens with zero attached hydrogens (tertiary/aromatic N) is 2. The molecule has 1 aromatic carbocycles. The number of nitrogens with two attached hydrogens (primary N) is 1. The zero-order valence-corrected chi connectivity index (χ0v) is 13.1. The van der Waals surface area contributed by atoms with Crippen molar-refractivity contribution in [1.82, 2.24) is 4.90 Å². The van der Waals surface area contributed by atoms with Crippen molar-refractivity contribution in [2.45, 2.75) is 12.8 Å². The summed E-state index contributed by atoms with van der Waals surface area (Å²) in [5.41, 5.74) is 8.20. The third-order valence-electron chi connectivity index (χ3n) is 3.89. The van der Waals surface area contributed by atoms with Crippen LogP contribution in [0.3, 0.4) is 0 Å². The molecular weight excluding hydrogens is 266 g/mol. The molecule has 1 aromatic rings. The van der Waals surface area contributed by atoms with E-state index in [4.69, 9.17) is 10.5 Å². The van der Waals surface area contributed by atoms with Crippen LogP contribution < -0.4 is 10.6 Å². The second-order valence-corrected chi connectivity index (χ2v) is 5.94. The second kappa shape index (κ2) is 6.80.